The minimum Gasteiger partial charge on any atom is -0.335 e. The summed E-state index contributed by atoms with van der Waals surface area (Å²) in [5, 5.41) is 10.3. The summed E-state index contributed by atoms with van der Waals surface area (Å²) in [6.07, 6.45) is 0. The molecular formula is C4H4N2O2S2. The van der Waals surface area contributed by atoms with Gasteiger partial charge in [-0.25, -0.2) is 0 Å². The maximum absolute atomic E-state index is 10.2. The third-order valence-electron chi connectivity index (χ3n) is 0.966. The van der Waals surface area contributed by atoms with Crippen molar-refractivity contribution in [2.45, 2.75) is 6.92 Å². The molecule has 0 spiro atoms. The monoisotopic (exact) mass is 176 g/mol. The predicted octanol–water partition coefficient (Wildman–Crippen LogP) is 2.02. The molecule has 1 N–H and O–H groups in total. The fourth-order valence-corrected chi connectivity index (χ4v) is 1.62. The highest BCUT2D eigenvalue weighted by atomic mass is 32.1. The summed E-state index contributed by atoms with van der Waals surface area (Å²) < 4.78 is 0.448. The van der Waals surface area contributed by atoms with Crippen molar-refractivity contribution in [1.29, 1.82) is 0 Å². The molecule has 0 radical (unpaired) electrons. The molecule has 1 rings (SSSR count). The van der Waals surface area contributed by atoms with Gasteiger partial charge in [-0.3, -0.25) is 10.1 Å². The molecule has 0 saturated carbocycles. The number of hydrogen-bond donors (Lipinski definition) is 1. The second-order valence-electron chi connectivity index (χ2n) is 1.70. The number of nitrogens with one attached hydrogen (secondary N) is 1. The highest BCUT2D eigenvalue weighted by Crippen LogP contribution is 2.22. The van der Waals surface area contributed by atoms with Crippen molar-refractivity contribution < 1.29 is 4.92 Å². The minimum atomic E-state index is -0.438. The summed E-state index contributed by atoms with van der Waals surface area (Å²) in [4.78, 5) is 12.4. The van der Waals surface area contributed by atoms with Gasteiger partial charge >= 0.3 is 5.00 Å². The Labute approximate surface area is 65.7 Å². The third kappa shape index (κ3) is 1.22. The van der Waals surface area contributed by atoms with Gasteiger partial charge in [-0.2, -0.15) is 0 Å². The van der Waals surface area contributed by atoms with E-state index < -0.39 is 4.92 Å². The van der Waals surface area contributed by atoms with E-state index in [1.54, 1.807) is 6.92 Å². The van der Waals surface area contributed by atoms with Crippen LogP contribution in [0.1, 0.15) is 5.69 Å². The van der Waals surface area contributed by atoms with Gasteiger partial charge in [-0.05, 0) is 30.5 Å². The summed E-state index contributed by atoms with van der Waals surface area (Å²) >= 11 is 5.68. The topological polar surface area (TPSA) is 58.9 Å². The molecular weight excluding hydrogens is 172 g/mol. The maximum Gasteiger partial charge on any atom is 0.345 e. The van der Waals surface area contributed by atoms with E-state index in [9.17, 15) is 10.1 Å². The van der Waals surface area contributed by atoms with Gasteiger partial charge < -0.3 is 4.98 Å². The lowest BCUT2D eigenvalue weighted by Gasteiger charge is -1.82. The molecule has 1 aromatic heterocycles. The highest BCUT2D eigenvalue weighted by molar-refractivity contribution is 7.73. The van der Waals surface area contributed by atoms with Crippen LogP contribution in [0.15, 0.2) is 0 Å². The first kappa shape index (κ1) is 7.36. The van der Waals surface area contributed by atoms with Gasteiger partial charge in [-0.1, -0.05) is 0 Å². The van der Waals surface area contributed by atoms with Crippen molar-refractivity contribution in [3.05, 3.63) is 19.8 Å². The van der Waals surface area contributed by atoms with Crippen LogP contribution in [0.4, 0.5) is 5.00 Å². The molecule has 0 saturated heterocycles. The average molecular weight is 176 g/mol. The van der Waals surface area contributed by atoms with Gasteiger partial charge in [0.05, 0.1) is 4.92 Å². The second-order valence-corrected chi connectivity index (χ2v) is 3.37. The molecule has 0 unspecified atom stereocenters. The van der Waals surface area contributed by atoms with E-state index in [1.807, 2.05) is 0 Å². The predicted molar refractivity (Wildman–Crippen MR) is 40.9 cm³/mol. The Bertz CT molecular complexity index is 313. The Morgan fingerprint density at radius 2 is 2.40 bits per heavy atom. The van der Waals surface area contributed by atoms with Crippen molar-refractivity contribution >= 4 is 28.6 Å². The van der Waals surface area contributed by atoms with Crippen LogP contribution in [0.5, 0.6) is 0 Å². The molecule has 0 atom stereocenters. The smallest absolute Gasteiger partial charge is 0.335 e. The van der Waals surface area contributed by atoms with Gasteiger partial charge in [0.2, 0.25) is 0 Å². The Morgan fingerprint density at radius 1 is 1.80 bits per heavy atom. The number of nitro groups is 1. The van der Waals surface area contributed by atoms with Gasteiger partial charge in [0.1, 0.15) is 5.69 Å². The number of thiazole rings is 1. The molecule has 6 heteroatoms. The van der Waals surface area contributed by atoms with E-state index in [2.05, 4.69) is 4.98 Å². The van der Waals surface area contributed by atoms with Crippen LogP contribution < -0.4 is 0 Å². The normalized spacial score (nSPS) is 9.70. The number of aryl methyl sites for hydroxylation is 1. The zero-order chi connectivity index (χ0) is 7.72. The van der Waals surface area contributed by atoms with Crippen LogP contribution in [-0.2, 0) is 0 Å². The molecule has 0 fully saturated rings. The van der Waals surface area contributed by atoms with Crippen LogP contribution in [0.2, 0.25) is 0 Å². The Kier molecular flexibility index (Phi) is 1.82. The third-order valence-corrected chi connectivity index (χ3v) is 2.25. The van der Waals surface area contributed by atoms with Gasteiger partial charge in [0, 0.05) is 0 Å². The summed E-state index contributed by atoms with van der Waals surface area (Å²) in [6, 6.07) is 0. The first-order valence-electron chi connectivity index (χ1n) is 2.45. The zero-order valence-corrected chi connectivity index (χ0v) is 6.71. The van der Waals surface area contributed by atoms with Gasteiger partial charge in [0.15, 0.2) is 3.95 Å². The first-order chi connectivity index (χ1) is 4.61. The fourth-order valence-electron chi connectivity index (χ4n) is 0.571. The van der Waals surface area contributed by atoms with Crippen LogP contribution in [0.3, 0.4) is 0 Å². The minimum absolute atomic E-state index is 0.102. The quantitative estimate of drug-likeness (QED) is 0.404. The summed E-state index contributed by atoms with van der Waals surface area (Å²) in [7, 11) is 0. The molecule has 4 nitrogen and oxygen atoms in total. The van der Waals surface area contributed by atoms with E-state index in [1.165, 1.54) is 0 Å². The van der Waals surface area contributed by atoms with E-state index in [0.29, 0.717) is 9.65 Å². The molecule has 1 aromatic rings. The van der Waals surface area contributed by atoms with Crippen molar-refractivity contribution in [3.8, 4) is 0 Å². The number of H-pyrrole nitrogens is 1. The number of aromatic amines is 1. The largest absolute Gasteiger partial charge is 0.345 e. The van der Waals surface area contributed by atoms with Crippen LogP contribution in [0.25, 0.3) is 0 Å². The van der Waals surface area contributed by atoms with Crippen LogP contribution in [-0.4, -0.2) is 9.91 Å². The Balaban J connectivity index is 3.28. The van der Waals surface area contributed by atoms with Crippen molar-refractivity contribution in [3.63, 3.8) is 0 Å². The lowest BCUT2D eigenvalue weighted by Crippen LogP contribution is -1.85. The molecule has 1 heterocycles. The molecule has 0 aliphatic carbocycles. The standard InChI is InChI=1S/C4H4N2O2S2/c1-2-3(6(7)8)10-4(9)5-2/h1H3,(H,5,9). The molecule has 0 aliphatic heterocycles. The number of nitrogens with zero attached hydrogens (tertiary/aromatic N) is 1. The Hall–Kier alpha value is -0.750. The van der Waals surface area contributed by atoms with Crippen molar-refractivity contribution in [1.82, 2.24) is 4.98 Å². The van der Waals surface area contributed by atoms with Crippen LogP contribution >= 0.6 is 23.6 Å². The molecule has 0 aliphatic rings. The van der Waals surface area contributed by atoms with Gasteiger partial charge in [0.25, 0.3) is 0 Å². The van der Waals surface area contributed by atoms with E-state index in [0.717, 1.165) is 11.3 Å². The van der Waals surface area contributed by atoms with Crippen LogP contribution in [0, 0.1) is 21.0 Å². The number of hydrogen-bond acceptors (Lipinski definition) is 4. The van der Waals surface area contributed by atoms with E-state index >= 15 is 0 Å². The lowest BCUT2D eigenvalue weighted by atomic mass is 10.5. The molecule has 54 valence electrons. The molecule has 0 aromatic carbocycles. The summed E-state index contributed by atoms with van der Waals surface area (Å²) in [5.41, 5.74) is 0.528. The number of aromatic nitrogens is 1. The molecule has 10 heavy (non-hydrogen) atoms. The van der Waals surface area contributed by atoms with Crippen molar-refractivity contribution in [2.75, 3.05) is 0 Å². The highest BCUT2D eigenvalue weighted by Gasteiger charge is 2.12. The van der Waals surface area contributed by atoms with Gasteiger partial charge in [-0.15, -0.1) is 0 Å². The summed E-state index contributed by atoms with van der Waals surface area (Å²) in [5.74, 6) is 0. The van der Waals surface area contributed by atoms with Crippen molar-refractivity contribution in [2.24, 2.45) is 0 Å². The molecule has 0 bridgehead atoms. The van der Waals surface area contributed by atoms with E-state index in [-0.39, 0.29) is 5.00 Å². The maximum atomic E-state index is 10.2. The average Bonchev–Trinajstić information content (AvgIpc) is 2.10. The molecule has 0 amide bonds. The second kappa shape index (κ2) is 2.47. The SMILES string of the molecule is Cc1[nH]c(=S)sc1[N+](=O)[O-]. The first-order valence-corrected chi connectivity index (χ1v) is 3.68. The zero-order valence-electron chi connectivity index (χ0n) is 5.08. The Morgan fingerprint density at radius 3 is 2.60 bits per heavy atom. The lowest BCUT2D eigenvalue weighted by molar-refractivity contribution is -0.380. The fraction of sp³-hybridized carbons (Fsp3) is 0.250. The van der Waals surface area contributed by atoms with E-state index in [4.69, 9.17) is 12.2 Å². The number of rotatable bonds is 1. The summed E-state index contributed by atoms with van der Waals surface area (Å²) in [6.45, 7) is 1.63.